The molecular weight excluding hydrogens is 442 g/mol. The highest BCUT2D eigenvalue weighted by Gasteiger charge is 2.21. The van der Waals surface area contributed by atoms with E-state index in [2.05, 4.69) is 57.1 Å². The highest BCUT2D eigenvalue weighted by atomic mass is 32.2. The first kappa shape index (κ1) is 23.7. The molecule has 1 unspecified atom stereocenters. The lowest BCUT2D eigenvalue weighted by molar-refractivity contribution is -0.119. The normalized spacial score (nSPS) is 11.9. The lowest BCUT2D eigenvalue weighted by atomic mass is 10.0. The molecule has 34 heavy (non-hydrogen) atoms. The topological polar surface area (TPSA) is 72.7 Å². The fraction of sp³-hybridized carbons (Fsp3) is 0.259. The molecule has 0 fully saturated rings. The number of benzene rings is 2. The van der Waals surface area contributed by atoms with Crippen molar-refractivity contribution in [2.75, 3.05) is 5.75 Å². The molecule has 174 valence electrons. The van der Waals surface area contributed by atoms with E-state index < -0.39 is 0 Å². The summed E-state index contributed by atoms with van der Waals surface area (Å²) < 4.78 is 2.09. The van der Waals surface area contributed by atoms with Gasteiger partial charge in [-0.2, -0.15) is 0 Å². The van der Waals surface area contributed by atoms with Crippen LogP contribution in [0.15, 0.2) is 78.2 Å². The van der Waals surface area contributed by atoms with Crippen molar-refractivity contribution in [3.8, 4) is 17.1 Å². The van der Waals surface area contributed by atoms with Gasteiger partial charge >= 0.3 is 0 Å². The Morgan fingerprint density at radius 1 is 0.971 bits per heavy atom. The quantitative estimate of drug-likeness (QED) is 0.330. The van der Waals surface area contributed by atoms with Gasteiger partial charge in [-0.25, -0.2) is 0 Å². The summed E-state index contributed by atoms with van der Waals surface area (Å²) in [6.45, 7) is 6.29. The molecule has 0 aliphatic rings. The summed E-state index contributed by atoms with van der Waals surface area (Å²) in [5.41, 5.74) is 5.49. The first-order valence-corrected chi connectivity index (χ1v) is 12.5. The van der Waals surface area contributed by atoms with E-state index in [1.165, 1.54) is 22.9 Å². The van der Waals surface area contributed by atoms with Gasteiger partial charge in [0.25, 0.3) is 0 Å². The lowest BCUT2D eigenvalue weighted by Gasteiger charge is -2.18. The molecule has 2 aromatic heterocycles. The van der Waals surface area contributed by atoms with Crippen LogP contribution in [-0.4, -0.2) is 31.4 Å². The maximum Gasteiger partial charge on any atom is 0.230 e. The number of hydrogen-bond donors (Lipinski definition) is 1. The Kier molecular flexibility index (Phi) is 7.75. The average molecular weight is 472 g/mol. The molecule has 0 radical (unpaired) electrons. The SMILES string of the molecule is CCc1cccc(CC)c1-n1c(SCC(=O)NC(C)c2ccccc2)nnc1-c1cccnc1. The van der Waals surface area contributed by atoms with E-state index in [1.807, 2.05) is 49.4 Å². The number of nitrogens with one attached hydrogen (secondary N) is 1. The van der Waals surface area contributed by atoms with Gasteiger partial charge in [0, 0.05) is 18.0 Å². The summed E-state index contributed by atoms with van der Waals surface area (Å²) in [5, 5.41) is 12.8. The number of nitrogens with zero attached hydrogens (tertiary/aromatic N) is 4. The monoisotopic (exact) mass is 471 g/mol. The molecule has 1 N–H and O–H groups in total. The largest absolute Gasteiger partial charge is 0.349 e. The molecule has 0 bridgehead atoms. The standard InChI is InChI=1S/C27H29N5OS/c1-4-20-13-9-14-21(5-2)25(20)32-26(23-15-10-16-28-17-23)30-31-27(32)34-18-24(33)29-19(3)22-11-7-6-8-12-22/h6-17,19H,4-5,18H2,1-3H3,(H,29,33). The van der Waals surface area contributed by atoms with Crippen molar-refractivity contribution in [2.45, 2.75) is 44.8 Å². The van der Waals surface area contributed by atoms with Crippen molar-refractivity contribution in [3.05, 3.63) is 89.7 Å². The summed E-state index contributed by atoms with van der Waals surface area (Å²) in [6.07, 6.45) is 5.30. The second-order valence-corrected chi connectivity index (χ2v) is 8.95. The van der Waals surface area contributed by atoms with E-state index >= 15 is 0 Å². The van der Waals surface area contributed by atoms with Crippen LogP contribution in [-0.2, 0) is 17.6 Å². The number of rotatable bonds is 9. The van der Waals surface area contributed by atoms with Crippen molar-refractivity contribution in [1.29, 1.82) is 0 Å². The zero-order valence-electron chi connectivity index (χ0n) is 19.7. The smallest absolute Gasteiger partial charge is 0.230 e. The third-order valence-electron chi connectivity index (χ3n) is 5.75. The Bertz CT molecular complexity index is 1220. The average Bonchev–Trinajstić information content (AvgIpc) is 3.31. The Labute approximate surface area is 204 Å². The number of carbonyl (C=O) groups excluding carboxylic acids is 1. The van der Waals surface area contributed by atoms with E-state index in [-0.39, 0.29) is 17.7 Å². The number of thioether (sulfide) groups is 1. The Morgan fingerprint density at radius 3 is 2.35 bits per heavy atom. The van der Waals surface area contributed by atoms with E-state index in [0.29, 0.717) is 5.16 Å². The van der Waals surface area contributed by atoms with E-state index in [0.717, 1.165) is 35.5 Å². The van der Waals surface area contributed by atoms with Crippen LogP contribution in [0.25, 0.3) is 17.1 Å². The molecular formula is C27H29N5OS. The molecule has 4 aromatic rings. The zero-order valence-corrected chi connectivity index (χ0v) is 20.5. The summed E-state index contributed by atoms with van der Waals surface area (Å²) in [6, 6.07) is 20.2. The molecule has 7 heteroatoms. The molecule has 0 aliphatic carbocycles. The maximum absolute atomic E-state index is 12.8. The molecule has 2 aromatic carbocycles. The van der Waals surface area contributed by atoms with Gasteiger partial charge < -0.3 is 5.32 Å². The minimum Gasteiger partial charge on any atom is -0.349 e. The highest BCUT2D eigenvalue weighted by Crippen LogP contribution is 2.32. The van der Waals surface area contributed by atoms with Crippen molar-refractivity contribution in [1.82, 2.24) is 25.1 Å². The fourth-order valence-electron chi connectivity index (χ4n) is 3.99. The van der Waals surface area contributed by atoms with Crippen molar-refractivity contribution >= 4 is 17.7 Å². The molecule has 0 saturated heterocycles. The second-order valence-electron chi connectivity index (χ2n) is 8.00. The highest BCUT2D eigenvalue weighted by molar-refractivity contribution is 7.99. The number of carbonyl (C=O) groups is 1. The minimum atomic E-state index is -0.0642. The van der Waals surface area contributed by atoms with E-state index in [9.17, 15) is 4.79 Å². The van der Waals surface area contributed by atoms with Crippen LogP contribution >= 0.6 is 11.8 Å². The van der Waals surface area contributed by atoms with Crippen LogP contribution in [0.1, 0.15) is 43.5 Å². The van der Waals surface area contributed by atoms with Crippen LogP contribution in [0.3, 0.4) is 0 Å². The third-order valence-corrected chi connectivity index (χ3v) is 6.68. The second kappa shape index (κ2) is 11.1. The van der Waals surface area contributed by atoms with Gasteiger partial charge in [0.1, 0.15) is 0 Å². The lowest BCUT2D eigenvalue weighted by Crippen LogP contribution is -2.28. The van der Waals surface area contributed by atoms with Gasteiger partial charge in [-0.1, -0.05) is 74.1 Å². The Hall–Kier alpha value is -3.45. The molecule has 1 amide bonds. The number of para-hydroxylation sites is 1. The molecule has 0 saturated carbocycles. The molecule has 1 atom stereocenters. The first-order chi connectivity index (χ1) is 16.6. The van der Waals surface area contributed by atoms with Crippen LogP contribution in [0.4, 0.5) is 0 Å². The zero-order chi connectivity index (χ0) is 23.9. The predicted octanol–water partition coefficient (Wildman–Crippen LogP) is 5.42. The van der Waals surface area contributed by atoms with Crippen LogP contribution in [0, 0.1) is 0 Å². The van der Waals surface area contributed by atoms with Gasteiger partial charge in [-0.05, 0) is 48.6 Å². The minimum absolute atomic E-state index is 0.0432. The third kappa shape index (κ3) is 5.20. The van der Waals surface area contributed by atoms with Gasteiger partial charge in [0.2, 0.25) is 5.91 Å². The maximum atomic E-state index is 12.8. The van der Waals surface area contributed by atoms with Crippen LogP contribution in [0.5, 0.6) is 0 Å². The number of hydrogen-bond acceptors (Lipinski definition) is 5. The van der Waals surface area contributed by atoms with E-state index in [4.69, 9.17) is 0 Å². The van der Waals surface area contributed by atoms with Crippen molar-refractivity contribution in [3.63, 3.8) is 0 Å². The Morgan fingerprint density at radius 2 is 1.71 bits per heavy atom. The van der Waals surface area contributed by atoms with E-state index in [1.54, 1.807) is 12.4 Å². The molecule has 6 nitrogen and oxygen atoms in total. The van der Waals surface area contributed by atoms with Crippen molar-refractivity contribution < 1.29 is 4.79 Å². The number of pyridine rings is 1. The van der Waals surface area contributed by atoms with Crippen LogP contribution in [0.2, 0.25) is 0 Å². The first-order valence-electron chi connectivity index (χ1n) is 11.6. The van der Waals surface area contributed by atoms with Crippen LogP contribution < -0.4 is 5.32 Å². The fourth-order valence-corrected chi connectivity index (χ4v) is 4.74. The number of amides is 1. The van der Waals surface area contributed by atoms with Gasteiger partial charge in [-0.3, -0.25) is 14.3 Å². The molecule has 0 aliphatic heterocycles. The van der Waals surface area contributed by atoms with Gasteiger partial charge in [0.15, 0.2) is 11.0 Å². The molecule has 2 heterocycles. The summed E-state index contributed by atoms with van der Waals surface area (Å²) in [7, 11) is 0. The molecule has 0 spiro atoms. The number of aromatic nitrogens is 4. The summed E-state index contributed by atoms with van der Waals surface area (Å²) >= 11 is 1.40. The summed E-state index contributed by atoms with van der Waals surface area (Å²) in [5.74, 6) is 0.931. The van der Waals surface area contributed by atoms with Gasteiger partial charge in [-0.15, -0.1) is 10.2 Å². The number of aryl methyl sites for hydroxylation is 2. The van der Waals surface area contributed by atoms with Gasteiger partial charge in [0.05, 0.1) is 17.5 Å². The molecule has 4 rings (SSSR count). The van der Waals surface area contributed by atoms with Crippen molar-refractivity contribution in [2.24, 2.45) is 0 Å². The Balaban J connectivity index is 1.65. The predicted molar refractivity (Wildman–Crippen MR) is 137 cm³/mol. The summed E-state index contributed by atoms with van der Waals surface area (Å²) in [4.78, 5) is 17.0.